The molecule has 0 radical (unpaired) electrons. The highest BCUT2D eigenvalue weighted by Gasteiger charge is 2.33. The van der Waals surface area contributed by atoms with Gasteiger partial charge in [0.2, 0.25) is 0 Å². The third-order valence-corrected chi connectivity index (χ3v) is 6.07. The van der Waals surface area contributed by atoms with Crippen LogP contribution in [0.3, 0.4) is 0 Å². The Labute approximate surface area is 195 Å². The molecule has 32 heavy (non-hydrogen) atoms. The second-order valence-corrected chi connectivity index (χ2v) is 8.57. The molecule has 4 rings (SSSR count). The van der Waals surface area contributed by atoms with Crippen molar-refractivity contribution in [2.45, 2.75) is 6.61 Å². The van der Waals surface area contributed by atoms with Crippen LogP contribution in [0, 0.1) is 0 Å². The first-order valence-electron chi connectivity index (χ1n) is 9.78. The summed E-state index contributed by atoms with van der Waals surface area (Å²) in [5.74, 6) is 0.123. The normalized spacial score (nSPS) is 14.7. The van der Waals surface area contributed by atoms with Crippen LogP contribution in [0.25, 0.3) is 6.08 Å². The highest BCUT2D eigenvalue weighted by Crippen LogP contribution is 2.36. The van der Waals surface area contributed by atoms with Gasteiger partial charge >= 0.3 is 5.97 Å². The lowest BCUT2D eigenvalue weighted by Crippen LogP contribution is -2.27. The van der Waals surface area contributed by atoms with Gasteiger partial charge in [0.05, 0.1) is 23.3 Å². The summed E-state index contributed by atoms with van der Waals surface area (Å²) in [7, 11) is 1.32. The summed E-state index contributed by atoms with van der Waals surface area (Å²) in [4.78, 5) is 26.6. The zero-order chi connectivity index (χ0) is 22.5. The minimum absolute atomic E-state index is 0.199. The van der Waals surface area contributed by atoms with Gasteiger partial charge in [-0.15, -0.1) is 0 Å². The molecular weight excluding hydrogens is 442 g/mol. The predicted octanol–water partition coefficient (Wildman–Crippen LogP) is 5.46. The van der Waals surface area contributed by atoms with Crippen LogP contribution >= 0.6 is 24.0 Å². The third kappa shape index (κ3) is 4.90. The Morgan fingerprint density at radius 1 is 1.00 bits per heavy atom. The van der Waals surface area contributed by atoms with E-state index in [1.165, 1.54) is 23.8 Å². The van der Waals surface area contributed by atoms with E-state index in [-0.39, 0.29) is 5.91 Å². The van der Waals surface area contributed by atoms with Crippen molar-refractivity contribution in [2.24, 2.45) is 0 Å². The molecule has 1 heterocycles. The number of hydrogen-bond acceptors (Lipinski definition) is 6. The van der Waals surface area contributed by atoms with Gasteiger partial charge in [0.1, 0.15) is 12.4 Å². The summed E-state index contributed by atoms with van der Waals surface area (Å²) in [6.07, 6.45) is 1.81. The maximum Gasteiger partial charge on any atom is 0.337 e. The molecule has 1 saturated heterocycles. The summed E-state index contributed by atoms with van der Waals surface area (Å²) in [5.41, 5.74) is 2.98. The summed E-state index contributed by atoms with van der Waals surface area (Å²) in [6, 6.07) is 24.1. The SMILES string of the molecule is COC(=O)c1ccc(N2C(=O)C(=Cc3ccc(OCc4ccccc4)cc3)SC2=S)cc1. The number of esters is 1. The Bertz CT molecular complexity index is 1170. The van der Waals surface area contributed by atoms with E-state index in [1.807, 2.05) is 60.7 Å². The molecule has 0 bridgehead atoms. The Hall–Kier alpha value is -3.42. The highest BCUT2D eigenvalue weighted by molar-refractivity contribution is 8.27. The van der Waals surface area contributed by atoms with Crippen LogP contribution in [0.4, 0.5) is 5.69 Å². The highest BCUT2D eigenvalue weighted by atomic mass is 32.2. The number of thiocarbonyl (C=S) groups is 1. The van der Waals surface area contributed by atoms with Crippen LogP contribution in [0.5, 0.6) is 5.75 Å². The minimum Gasteiger partial charge on any atom is -0.489 e. The maximum absolute atomic E-state index is 13.0. The molecule has 160 valence electrons. The molecule has 0 aliphatic carbocycles. The van der Waals surface area contributed by atoms with Crippen molar-refractivity contribution in [3.05, 3.63) is 100 Å². The Morgan fingerprint density at radius 3 is 2.34 bits per heavy atom. The molecule has 5 nitrogen and oxygen atoms in total. The number of rotatable bonds is 6. The van der Waals surface area contributed by atoms with Gasteiger partial charge in [-0.2, -0.15) is 0 Å². The number of carbonyl (C=O) groups excluding carboxylic acids is 2. The fraction of sp³-hybridized carbons (Fsp3) is 0.0800. The van der Waals surface area contributed by atoms with Crippen molar-refractivity contribution in [2.75, 3.05) is 12.0 Å². The maximum atomic E-state index is 13.0. The van der Waals surface area contributed by atoms with Crippen molar-refractivity contribution >= 4 is 51.9 Å². The van der Waals surface area contributed by atoms with Gasteiger partial charge < -0.3 is 9.47 Å². The molecule has 0 saturated carbocycles. The Kier molecular flexibility index (Phi) is 6.68. The molecule has 1 fully saturated rings. The van der Waals surface area contributed by atoms with Crippen LogP contribution in [0.2, 0.25) is 0 Å². The summed E-state index contributed by atoms with van der Waals surface area (Å²) in [5, 5.41) is 0. The summed E-state index contributed by atoms with van der Waals surface area (Å²) >= 11 is 6.66. The number of carbonyl (C=O) groups is 2. The van der Waals surface area contributed by atoms with Crippen molar-refractivity contribution in [1.29, 1.82) is 0 Å². The number of methoxy groups -OCH3 is 1. The third-order valence-electron chi connectivity index (χ3n) is 4.77. The fourth-order valence-electron chi connectivity index (χ4n) is 3.11. The number of ether oxygens (including phenoxy) is 2. The van der Waals surface area contributed by atoms with E-state index in [0.29, 0.717) is 27.1 Å². The zero-order valence-corrected chi connectivity index (χ0v) is 18.8. The molecule has 1 aliphatic rings. The van der Waals surface area contributed by atoms with Crippen LogP contribution in [0.15, 0.2) is 83.8 Å². The largest absolute Gasteiger partial charge is 0.489 e. The number of thioether (sulfide) groups is 1. The van der Waals surface area contributed by atoms with E-state index in [2.05, 4.69) is 0 Å². The van der Waals surface area contributed by atoms with Crippen LogP contribution in [-0.4, -0.2) is 23.3 Å². The van der Waals surface area contributed by atoms with Crippen molar-refractivity contribution in [3.8, 4) is 5.75 Å². The van der Waals surface area contributed by atoms with Gasteiger partial charge in [0, 0.05) is 0 Å². The molecule has 0 aromatic heterocycles. The zero-order valence-electron chi connectivity index (χ0n) is 17.2. The van der Waals surface area contributed by atoms with Crippen LogP contribution < -0.4 is 9.64 Å². The van der Waals surface area contributed by atoms with E-state index < -0.39 is 5.97 Å². The Morgan fingerprint density at radius 2 is 1.69 bits per heavy atom. The quantitative estimate of drug-likeness (QED) is 0.276. The predicted molar refractivity (Wildman–Crippen MR) is 131 cm³/mol. The smallest absolute Gasteiger partial charge is 0.337 e. The van der Waals surface area contributed by atoms with E-state index in [0.717, 1.165) is 16.9 Å². The van der Waals surface area contributed by atoms with Crippen LogP contribution in [0.1, 0.15) is 21.5 Å². The first kappa shape index (κ1) is 21.8. The lowest BCUT2D eigenvalue weighted by atomic mass is 10.2. The van der Waals surface area contributed by atoms with Crippen molar-refractivity contribution in [3.63, 3.8) is 0 Å². The average molecular weight is 462 g/mol. The molecule has 0 N–H and O–H groups in total. The topological polar surface area (TPSA) is 55.8 Å². The van der Waals surface area contributed by atoms with Crippen molar-refractivity contribution in [1.82, 2.24) is 0 Å². The second kappa shape index (κ2) is 9.80. The standard InChI is InChI=1S/C25H19NO4S2/c1-29-24(28)19-9-11-20(12-10-19)26-23(27)22(32-25(26)31)15-17-7-13-21(14-8-17)30-16-18-5-3-2-4-6-18/h2-15H,16H2,1H3. The van der Waals surface area contributed by atoms with E-state index in [1.54, 1.807) is 24.3 Å². The first-order chi connectivity index (χ1) is 15.5. The van der Waals surface area contributed by atoms with E-state index in [9.17, 15) is 9.59 Å². The van der Waals surface area contributed by atoms with E-state index >= 15 is 0 Å². The van der Waals surface area contributed by atoms with Gasteiger partial charge in [-0.25, -0.2) is 4.79 Å². The monoisotopic (exact) mass is 461 g/mol. The van der Waals surface area contributed by atoms with Gasteiger partial charge in [-0.1, -0.05) is 66.4 Å². The molecule has 7 heteroatoms. The lowest BCUT2D eigenvalue weighted by molar-refractivity contribution is -0.113. The molecule has 0 unspecified atom stereocenters. The number of benzene rings is 3. The minimum atomic E-state index is -0.432. The molecular formula is C25H19NO4S2. The molecule has 3 aromatic rings. The molecule has 0 spiro atoms. The van der Waals surface area contributed by atoms with Gasteiger partial charge in [0.15, 0.2) is 4.32 Å². The molecule has 3 aromatic carbocycles. The molecule has 1 amide bonds. The first-order valence-corrected chi connectivity index (χ1v) is 11.0. The number of anilines is 1. The summed E-state index contributed by atoms with van der Waals surface area (Å²) in [6.45, 7) is 0.494. The van der Waals surface area contributed by atoms with E-state index in [4.69, 9.17) is 21.7 Å². The number of amides is 1. The average Bonchev–Trinajstić information content (AvgIpc) is 3.11. The van der Waals surface area contributed by atoms with Gasteiger partial charge in [0.25, 0.3) is 5.91 Å². The fourth-order valence-corrected chi connectivity index (χ4v) is 4.41. The summed E-state index contributed by atoms with van der Waals surface area (Å²) < 4.78 is 11.0. The second-order valence-electron chi connectivity index (χ2n) is 6.90. The lowest BCUT2D eigenvalue weighted by Gasteiger charge is -2.14. The molecule has 1 aliphatic heterocycles. The molecule has 0 atom stereocenters. The van der Waals surface area contributed by atoms with Crippen molar-refractivity contribution < 1.29 is 19.1 Å². The van der Waals surface area contributed by atoms with Gasteiger partial charge in [-0.05, 0) is 53.6 Å². The number of nitrogens with zero attached hydrogens (tertiary/aromatic N) is 1. The van der Waals surface area contributed by atoms with Crippen LogP contribution in [-0.2, 0) is 16.1 Å². The number of hydrogen-bond donors (Lipinski definition) is 0. The Balaban J connectivity index is 1.44. The van der Waals surface area contributed by atoms with Gasteiger partial charge in [-0.3, -0.25) is 9.69 Å².